The van der Waals surface area contributed by atoms with Crippen LogP contribution in [0.1, 0.15) is 38.7 Å². The lowest BCUT2D eigenvalue weighted by Crippen LogP contribution is -2.37. The number of rotatable bonds is 7. The summed E-state index contributed by atoms with van der Waals surface area (Å²) < 4.78 is 5.72. The van der Waals surface area contributed by atoms with Gasteiger partial charge in [-0.2, -0.15) is 0 Å². The van der Waals surface area contributed by atoms with E-state index < -0.39 is 0 Å². The van der Waals surface area contributed by atoms with E-state index in [1.807, 2.05) is 24.3 Å². The molecule has 0 heterocycles. The van der Waals surface area contributed by atoms with Gasteiger partial charge in [-0.05, 0) is 42.4 Å². The molecule has 0 saturated heterocycles. The first-order valence-electron chi connectivity index (χ1n) is 7.89. The Labute approximate surface area is 127 Å². The quantitative estimate of drug-likeness (QED) is 0.599. The molecule has 3 N–H and O–H groups in total. The lowest BCUT2D eigenvalue weighted by molar-refractivity contribution is 0.271. The van der Waals surface area contributed by atoms with Gasteiger partial charge in [0, 0.05) is 6.54 Å². The fraction of sp³-hybridized carbons (Fsp3) is 0.588. The molecule has 0 bridgehead atoms. The van der Waals surface area contributed by atoms with Crippen LogP contribution in [0.5, 0.6) is 5.75 Å². The van der Waals surface area contributed by atoms with Crippen LogP contribution in [0, 0.1) is 11.8 Å². The van der Waals surface area contributed by atoms with E-state index in [9.17, 15) is 0 Å². The molecule has 116 valence electrons. The van der Waals surface area contributed by atoms with Crippen molar-refractivity contribution in [2.24, 2.45) is 22.6 Å². The number of nitrogens with one attached hydrogen (secondary N) is 1. The van der Waals surface area contributed by atoms with E-state index in [1.54, 1.807) is 0 Å². The average Bonchev–Trinajstić information content (AvgIpc) is 2.42. The van der Waals surface area contributed by atoms with Crippen molar-refractivity contribution in [2.45, 2.75) is 39.7 Å². The standard InChI is InChI=1S/C17H27N3O/c1-13(2)12-21-16-8-4-7-15(9-16)11-20-17(18)19-10-14-5-3-6-14/h4,7-9,13-14H,3,5-6,10-12H2,1-2H3,(H3,18,19,20). The number of nitrogens with zero attached hydrogens (tertiary/aromatic N) is 1. The predicted molar refractivity (Wildman–Crippen MR) is 87.4 cm³/mol. The summed E-state index contributed by atoms with van der Waals surface area (Å²) in [6.07, 6.45) is 3.98. The van der Waals surface area contributed by atoms with Crippen molar-refractivity contribution in [3.8, 4) is 5.75 Å². The smallest absolute Gasteiger partial charge is 0.188 e. The first-order chi connectivity index (χ1) is 10.1. The minimum atomic E-state index is 0.526. The molecule has 21 heavy (non-hydrogen) atoms. The molecule has 2 rings (SSSR count). The third kappa shape index (κ3) is 5.66. The molecule has 0 spiro atoms. The van der Waals surface area contributed by atoms with Crippen molar-refractivity contribution >= 4 is 5.96 Å². The van der Waals surface area contributed by atoms with Crippen molar-refractivity contribution in [2.75, 3.05) is 13.2 Å². The van der Waals surface area contributed by atoms with Crippen LogP contribution in [0.4, 0.5) is 0 Å². The first-order valence-corrected chi connectivity index (χ1v) is 7.89. The normalized spacial score (nSPS) is 15.9. The monoisotopic (exact) mass is 289 g/mol. The topological polar surface area (TPSA) is 59.6 Å². The third-order valence-corrected chi connectivity index (χ3v) is 3.71. The fourth-order valence-corrected chi connectivity index (χ4v) is 2.17. The summed E-state index contributed by atoms with van der Waals surface area (Å²) in [6.45, 7) is 6.55. The second-order valence-electron chi connectivity index (χ2n) is 6.23. The number of hydrogen-bond acceptors (Lipinski definition) is 2. The van der Waals surface area contributed by atoms with E-state index in [0.29, 0.717) is 18.4 Å². The Kier molecular flexibility index (Phi) is 5.90. The Hall–Kier alpha value is -1.71. The Bertz CT molecular complexity index is 467. The molecule has 1 fully saturated rings. The van der Waals surface area contributed by atoms with Crippen molar-refractivity contribution in [1.82, 2.24) is 5.32 Å². The Balaban J connectivity index is 1.79. The molecule has 0 aliphatic heterocycles. The predicted octanol–water partition coefficient (Wildman–Crippen LogP) is 2.93. The third-order valence-electron chi connectivity index (χ3n) is 3.71. The van der Waals surface area contributed by atoms with Gasteiger partial charge in [-0.25, -0.2) is 4.99 Å². The van der Waals surface area contributed by atoms with Gasteiger partial charge in [-0.3, -0.25) is 0 Å². The van der Waals surface area contributed by atoms with Crippen LogP contribution < -0.4 is 15.8 Å². The minimum Gasteiger partial charge on any atom is -0.493 e. The molecular weight excluding hydrogens is 262 g/mol. The summed E-state index contributed by atoms with van der Waals surface area (Å²) in [5, 5.41) is 3.21. The lowest BCUT2D eigenvalue weighted by atomic mass is 9.85. The van der Waals surface area contributed by atoms with Gasteiger partial charge in [0.2, 0.25) is 0 Å². The highest BCUT2D eigenvalue weighted by atomic mass is 16.5. The highest BCUT2D eigenvalue weighted by molar-refractivity contribution is 5.77. The van der Waals surface area contributed by atoms with E-state index in [1.165, 1.54) is 19.3 Å². The van der Waals surface area contributed by atoms with Gasteiger partial charge >= 0.3 is 0 Å². The van der Waals surface area contributed by atoms with Crippen LogP contribution in [0.2, 0.25) is 0 Å². The van der Waals surface area contributed by atoms with Crippen LogP contribution in [0.15, 0.2) is 29.3 Å². The summed E-state index contributed by atoms with van der Waals surface area (Å²) in [5.41, 5.74) is 7.01. The van der Waals surface area contributed by atoms with Gasteiger partial charge in [-0.1, -0.05) is 32.4 Å². The Morgan fingerprint density at radius 3 is 2.90 bits per heavy atom. The highest BCUT2D eigenvalue weighted by Gasteiger charge is 2.16. The zero-order valence-corrected chi connectivity index (χ0v) is 13.1. The van der Waals surface area contributed by atoms with Crippen LogP contribution >= 0.6 is 0 Å². The van der Waals surface area contributed by atoms with Gasteiger partial charge < -0.3 is 15.8 Å². The number of nitrogens with two attached hydrogens (primary N) is 1. The first kappa shape index (κ1) is 15.7. The van der Waals surface area contributed by atoms with E-state index in [2.05, 4.69) is 24.2 Å². The molecule has 1 aromatic rings. The molecule has 1 aliphatic rings. The molecule has 1 aliphatic carbocycles. The van der Waals surface area contributed by atoms with Crippen molar-refractivity contribution in [1.29, 1.82) is 0 Å². The molecule has 0 atom stereocenters. The zero-order chi connectivity index (χ0) is 15.1. The van der Waals surface area contributed by atoms with E-state index in [4.69, 9.17) is 10.5 Å². The van der Waals surface area contributed by atoms with E-state index in [-0.39, 0.29) is 0 Å². The second-order valence-corrected chi connectivity index (χ2v) is 6.23. The van der Waals surface area contributed by atoms with Crippen LogP contribution in [0.3, 0.4) is 0 Å². The van der Waals surface area contributed by atoms with Crippen LogP contribution in [-0.4, -0.2) is 19.1 Å². The molecule has 1 aromatic carbocycles. The molecule has 0 unspecified atom stereocenters. The van der Waals surface area contributed by atoms with Crippen molar-refractivity contribution in [3.63, 3.8) is 0 Å². The molecular formula is C17H27N3O. The van der Waals surface area contributed by atoms with Crippen LogP contribution in [0.25, 0.3) is 0 Å². The Morgan fingerprint density at radius 2 is 2.24 bits per heavy atom. The van der Waals surface area contributed by atoms with Crippen molar-refractivity contribution < 1.29 is 4.74 Å². The molecule has 0 amide bonds. The maximum Gasteiger partial charge on any atom is 0.188 e. The summed E-state index contributed by atoms with van der Waals surface area (Å²) in [4.78, 5) is 4.39. The molecule has 1 saturated carbocycles. The largest absolute Gasteiger partial charge is 0.493 e. The molecule has 4 nitrogen and oxygen atoms in total. The Morgan fingerprint density at radius 1 is 1.43 bits per heavy atom. The number of hydrogen-bond donors (Lipinski definition) is 2. The maximum atomic E-state index is 5.89. The average molecular weight is 289 g/mol. The molecule has 0 aromatic heterocycles. The lowest BCUT2D eigenvalue weighted by Gasteiger charge is -2.25. The summed E-state index contributed by atoms with van der Waals surface area (Å²) in [5.74, 6) is 2.75. The van der Waals surface area contributed by atoms with Gasteiger partial charge in [-0.15, -0.1) is 0 Å². The summed E-state index contributed by atoms with van der Waals surface area (Å²) in [6, 6.07) is 8.06. The number of aliphatic imine (C=N–C) groups is 1. The van der Waals surface area contributed by atoms with E-state index >= 15 is 0 Å². The number of guanidine groups is 1. The highest BCUT2D eigenvalue weighted by Crippen LogP contribution is 2.25. The van der Waals surface area contributed by atoms with Crippen LogP contribution in [-0.2, 0) is 6.54 Å². The van der Waals surface area contributed by atoms with Gasteiger partial charge in [0.1, 0.15) is 5.75 Å². The molecule has 4 heteroatoms. The summed E-state index contributed by atoms with van der Waals surface area (Å²) >= 11 is 0. The second kappa shape index (κ2) is 7.91. The SMILES string of the molecule is CC(C)COc1cccc(CN=C(N)NCC2CCC2)c1. The zero-order valence-electron chi connectivity index (χ0n) is 13.1. The van der Waals surface area contributed by atoms with E-state index in [0.717, 1.165) is 30.4 Å². The van der Waals surface area contributed by atoms with Gasteiger partial charge in [0.15, 0.2) is 5.96 Å². The fourth-order valence-electron chi connectivity index (χ4n) is 2.17. The molecule has 0 radical (unpaired) electrons. The van der Waals surface area contributed by atoms with Crippen molar-refractivity contribution in [3.05, 3.63) is 29.8 Å². The maximum absolute atomic E-state index is 5.89. The number of ether oxygens (including phenoxy) is 1. The number of benzene rings is 1. The van der Waals surface area contributed by atoms with Gasteiger partial charge in [0.05, 0.1) is 13.2 Å². The van der Waals surface area contributed by atoms with Gasteiger partial charge in [0.25, 0.3) is 0 Å². The minimum absolute atomic E-state index is 0.526. The summed E-state index contributed by atoms with van der Waals surface area (Å²) in [7, 11) is 0.